The van der Waals surface area contributed by atoms with E-state index in [0.717, 1.165) is 5.56 Å². The van der Waals surface area contributed by atoms with Crippen LogP contribution in [0.5, 0.6) is 0 Å². The average Bonchev–Trinajstić information content (AvgIpc) is 2.43. The zero-order chi connectivity index (χ0) is 15.7. The summed E-state index contributed by atoms with van der Waals surface area (Å²) in [5.74, 6) is 0. The fourth-order valence-electron chi connectivity index (χ4n) is 1.61. The standard InChI is InChI=1S/C15H25NO4Si/c1-18-11-14(12-20-21(2,3)4)16-15(17)19-10-13-8-6-5-7-9-13/h5-9,14H,10-12H2,1-4H3,(H,16,17)/t14-/m0/s1. The number of carbonyl (C=O) groups excluding carboxylic acids is 1. The van der Waals surface area contributed by atoms with Crippen LogP contribution in [0, 0.1) is 0 Å². The Kier molecular flexibility index (Phi) is 7.42. The topological polar surface area (TPSA) is 56.8 Å². The molecule has 0 fully saturated rings. The van der Waals surface area contributed by atoms with E-state index >= 15 is 0 Å². The van der Waals surface area contributed by atoms with E-state index in [1.54, 1.807) is 7.11 Å². The van der Waals surface area contributed by atoms with Crippen molar-refractivity contribution in [1.82, 2.24) is 5.32 Å². The Morgan fingerprint density at radius 1 is 1.19 bits per heavy atom. The average molecular weight is 311 g/mol. The summed E-state index contributed by atoms with van der Waals surface area (Å²) >= 11 is 0. The normalized spacial score (nSPS) is 12.8. The summed E-state index contributed by atoms with van der Waals surface area (Å²) in [6.45, 7) is 7.38. The highest BCUT2D eigenvalue weighted by atomic mass is 28.4. The van der Waals surface area contributed by atoms with Gasteiger partial charge in [0.05, 0.1) is 19.3 Å². The molecule has 1 rings (SSSR count). The first-order valence-electron chi connectivity index (χ1n) is 7.01. The summed E-state index contributed by atoms with van der Waals surface area (Å²) in [4.78, 5) is 11.8. The highest BCUT2D eigenvalue weighted by Crippen LogP contribution is 2.04. The SMILES string of the molecule is COC[C@@H](CO[Si](C)(C)C)NC(=O)OCc1ccccc1. The molecule has 1 amide bonds. The minimum atomic E-state index is -1.62. The van der Waals surface area contributed by atoms with Gasteiger partial charge in [-0.2, -0.15) is 0 Å². The van der Waals surface area contributed by atoms with Crippen LogP contribution in [0.1, 0.15) is 5.56 Å². The second-order valence-corrected chi connectivity index (χ2v) is 10.3. The molecule has 0 aliphatic rings. The molecule has 5 nitrogen and oxygen atoms in total. The summed E-state index contributed by atoms with van der Waals surface area (Å²) in [6, 6.07) is 9.36. The lowest BCUT2D eigenvalue weighted by molar-refractivity contribution is 0.106. The van der Waals surface area contributed by atoms with Crippen molar-refractivity contribution in [2.24, 2.45) is 0 Å². The zero-order valence-corrected chi connectivity index (χ0v) is 14.2. The molecule has 0 unspecified atom stereocenters. The summed E-state index contributed by atoms with van der Waals surface area (Å²) < 4.78 is 16.1. The quantitative estimate of drug-likeness (QED) is 0.750. The molecule has 0 saturated carbocycles. The molecule has 0 radical (unpaired) electrons. The van der Waals surface area contributed by atoms with Crippen molar-refractivity contribution in [1.29, 1.82) is 0 Å². The van der Waals surface area contributed by atoms with Crippen molar-refractivity contribution in [3.63, 3.8) is 0 Å². The van der Waals surface area contributed by atoms with Crippen LogP contribution in [0.15, 0.2) is 30.3 Å². The van der Waals surface area contributed by atoms with E-state index < -0.39 is 14.4 Å². The maximum absolute atomic E-state index is 11.8. The Morgan fingerprint density at radius 3 is 2.43 bits per heavy atom. The maximum Gasteiger partial charge on any atom is 0.407 e. The number of amides is 1. The molecule has 0 aromatic heterocycles. The fourth-order valence-corrected chi connectivity index (χ4v) is 2.32. The minimum Gasteiger partial charge on any atom is -0.445 e. The lowest BCUT2D eigenvalue weighted by Gasteiger charge is -2.23. The molecule has 0 aliphatic heterocycles. The van der Waals surface area contributed by atoms with Crippen molar-refractivity contribution < 1.29 is 18.7 Å². The van der Waals surface area contributed by atoms with Gasteiger partial charge in [0, 0.05) is 7.11 Å². The Balaban J connectivity index is 2.37. The molecular weight excluding hydrogens is 286 g/mol. The van der Waals surface area contributed by atoms with Crippen molar-refractivity contribution >= 4 is 14.4 Å². The number of ether oxygens (including phenoxy) is 2. The van der Waals surface area contributed by atoms with E-state index in [9.17, 15) is 4.79 Å². The molecule has 1 atom stereocenters. The van der Waals surface area contributed by atoms with Crippen LogP contribution in [0.25, 0.3) is 0 Å². The number of hydrogen-bond acceptors (Lipinski definition) is 4. The molecule has 1 aromatic rings. The van der Waals surface area contributed by atoms with Gasteiger partial charge in [0.1, 0.15) is 6.61 Å². The Bertz CT molecular complexity index is 419. The first kappa shape index (κ1) is 17.7. The Hall–Kier alpha value is -1.37. The first-order chi connectivity index (χ1) is 9.90. The monoisotopic (exact) mass is 311 g/mol. The van der Waals surface area contributed by atoms with Crippen LogP contribution in [-0.2, 0) is 20.5 Å². The second kappa shape index (κ2) is 8.81. The van der Waals surface area contributed by atoms with E-state index in [2.05, 4.69) is 25.0 Å². The van der Waals surface area contributed by atoms with E-state index in [-0.39, 0.29) is 12.6 Å². The van der Waals surface area contributed by atoms with Crippen molar-refractivity contribution in [3.05, 3.63) is 35.9 Å². The fraction of sp³-hybridized carbons (Fsp3) is 0.533. The van der Waals surface area contributed by atoms with Crippen molar-refractivity contribution in [3.8, 4) is 0 Å². The van der Waals surface area contributed by atoms with Gasteiger partial charge in [-0.15, -0.1) is 0 Å². The number of rotatable bonds is 8. The summed E-state index contributed by atoms with van der Waals surface area (Å²) in [6.07, 6.45) is -0.458. The van der Waals surface area contributed by atoms with Crippen LogP contribution in [0.2, 0.25) is 19.6 Å². The van der Waals surface area contributed by atoms with Crippen LogP contribution in [0.4, 0.5) is 4.79 Å². The van der Waals surface area contributed by atoms with E-state index in [1.807, 2.05) is 30.3 Å². The van der Waals surface area contributed by atoms with Gasteiger partial charge < -0.3 is 19.2 Å². The van der Waals surface area contributed by atoms with Crippen LogP contribution < -0.4 is 5.32 Å². The van der Waals surface area contributed by atoms with Gasteiger partial charge >= 0.3 is 6.09 Å². The third kappa shape index (κ3) is 8.49. The van der Waals surface area contributed by atoms with Crippen LogP contribution in [0.3, 0.4) is 0 Å². The molecule has 0 saturated heterocycles. The molecule has 1 aromatic carbocycles. The van der Waals surface area contributed by atoms with Crippen molar-refractivity contribution in [2.75, 3.05) is 20.3 Å². The molecule has 0 heterocycles. The minimum absolute atomic E-state index is 0.204. The highest BCUT2D eigenvalue weighted by molar-refractivity contribution is 6.69. The molecule has 0 spiro atoms. The summed E-state index contributed by atoms with van der Waals surface area (Å²) in [5.41, 5.74) is 0.953. The summed E-state index contributed by atoms with van der Waals surface area (Å²) in [5, 5.41) is 2.77. The van der Waals surface area contributed by atoms with Crippen LogP contribution >= 0.6 is 0 Å². The summed E-state index contributed by atoms with van der Waals surface area (Å²) in [7, 11) is -0.0231. The third-order valence-electron chi connectivity index (χ3n) is 2.62. The van der Waals surface area contributed by atoms with Gasteiger partial charge in [-0.3, -0.25) is 0 Å². The van der Waals surface area contributed by atoms with Gasteiger partial charge in [-0.05, 0) is 25.2 Å². The molecule has 118 valence electrons. The highest BCUT2D eigenvalue weighted by Gasteiger charge is 2.19. The number of carbonyl (C=O) groups is 1. The lowest BCUT2D eigenvalue weighted by Crippen LogP contribution is -2.44. The number of methoxy groups -OCH3 is 1. The molecule has 21 heavy (non-hydrogen) atoms. The molecule has 0 bridgehead atoms. The van der Waals surface area contributed by atoms with Gasteiger partial charge in [0.15, 0.2) is 8.32 Å². The smallest absolute Gasteiger partial charge is 0.407 e. The number of benzene rings is 1. The van der Waals surface area contributed by atoms with Crippen LogP contribution in [-0.4, -0.2) is 40.8 Å². The third-order valence-corrected chi connectivity index (χ3v) is 3.65. The predicted octanol–water partition coefficient (Wildman–Crippen LogP) is 2.78. The molecule has 0 aliphatic carbocycles. The predicted molar refractivity (Wildman–Crippen MR) is 84.7 cm³/mol. The second-order valence-electron chi connectivity index (χ2n) is 5.78. The van der Waals surface area contributed by atoms with Gasteiger partial charge in [0.2, 0.25) is 0 Å². The van der Waals surface area contributed by atoms with E-state index in [4.69, 9.17) is 13.9 Å². The molecular formula is C15H25NO4Si. The number of nitrogens with one attached hydrogen (secondary N) is 1. The van der Waals surface area contributed by atoms with E-state index in [0.29, 0.717) is 13.2 Å². The number of hydrogen-bond donors (Lipinski definition) is 1. The van der Waals surface area contributed by atoms with Gasteiger partial charge in [-0.1, -0.05) is 30.3 Å². The van der Waals surface area contributed by atoms with Gasteiger partial charge in [0.25, 0.3) is 0 Å². The Labute approximate surface area is 127 Å². The van der Waals surface area contributed by atoms with Crippen molar-refractivity contribution in [2.45, 2.75) is 32.3 Å². The first-order valence-corrected chi connectivity index (χ1v) is 10.4. The Morgan fingerprint density at radius 2 is 1.86 bits per heavy atom. The molecule has 1 N–H and O–H groups in total. The lowest BCUT2D eigenvalue weighted by atomic mass is 10.2. The maximum atomic E-state index is 11.8. The largest absolute Gasteiger partial charge is 0.445 e. The molecule has 6 heteroatoms. The number of alkyl carbamates (subject to hydrolysis) is 1. The van der Waals surface area contributed by atoms with E-state index in [1.165, 1.54) is 0 Å². The zero-order valence-electron chi connectivity index (χ0n) is 13.2. The van der Waals surface area contributed by atoms with Gasteiger partial charge in [-0.25, -0.2) is 4.79 Å².